The summed E-state index contributed by atoms with van der Waals surface area (Å²) in [4.78, 5) is 11.9. The van der Waals surface area contributed by atoms with Crippen LogP contribution >= 0.6 is 0 Å². The summed E-state index contributed by atoms with van der Waals surface area (Å²) in [5, 5.41) is 2.83. The first-order valence-corrected chi connectivity index (χ1v) is 7.94. The van der Waals surface area contributed by atoms with Gasteiger partial charge in [0.05, 0.1) is 20.3 Å². The van der Waals surface area contributed by atoms with E-state index >= 15 is 0 Å². The Balaban J connectivity index is 1.71. The molecule has 0 aliphatic carbocycles. The fourth-order valence-electron chi connectivity index (χ4n) is 2.09. The summed E-state index contributed by atoms with van der Waals surface area (Å²) < 4.78 is 21.3. The van der Waals surface area contributed by atoms with Crippen LogP contribution in [-0.2, 0) is 4.79 Å². The van der Waals surface area contributed by atoms with E-state index in [1.165, 1.54) is 0 Å². The lowest BCUT2D eigenvalue weighted by Gasteiger charge is -2.15. The predicted molar refractivity (Wildman–Crippen MR) is 94.6 cm³/mol. The predicted octanol–water partition coefficient (Wildman–Crippen LogP) is 2.67. The van der Waals surface area contributed by atoms with Gasteiger partial charge in [-0.15, -0.1) is 0 Å². The van der Waals surface area contributed by atoms with Gasteiger partial charge in [0.25, 0.3) is 5.91 Å². The number of benzene rings is 2. The van der Waals surface area contributed by atoms with Gasteiger partial charge in [0, 0.05) is 6.07 Å². The number of methoxy groups -OCH3 is 2. The fourth-order valence-corrected chi connectivity index (χ4v) is 2.09. The van der Waals surface area contributed by atoms with Crippen LogP contribution in [0.1, 0.15) is 6.92 Å². The molecule has 6 nitrogen and oxygen atoms in total. The van der Waals surface area contributed by atoms with Crippen molar-refractivity contribution in [3.05, 3.63) is 48.5 Å². The second-order valence-corrected chi connectivity index (χ2v) is 5.42. The van der Waals surface area contributed by atoms with Gasteiger partial charge in [-0.2, -0.15) is 0 Å². The first-order valence-electron chi connectivity index (χ1n) is 7.94. The molecule has 0 heterocycles. The molecule has 0 aromatic heterocycles. The Labute approximate surface area is 147 Å². The SMILES string of the molecule is COc1ccc(OC[C@H](C)NC(=O)COc2cccc(OC)c2)cc1. The molecule has 2 rings (SSSR count). The minimum Gasteiger partial charge on any atom is -0.497 e. The summed E-state index contributed by atoms with van der Waals surface area (Å²) in [6.45, 7) is 2.16. The average molecular weight is 345 g/mol. The Hall–Kier alpha value is -2.89. The smallest absolute Gasteiger partial charge is 0.258 e. The van der Waals surface area contributed by atoms with Gasteiger partial charge in [-0.1, -0.05) is 6.07 Å². The molecule has 0 spiro atoms. The summed E-state index contributed by atoms with van der Waals surface area (Å²) in [6.07, 6.45) is 0. The Morgan fingerprint density at radius 3 is 2.24 bits per heavy atom. The van der Waals surface area contributed by atoms with Gasteiger partial charge in [0.2, 0.25) is 0 Å². The van der Waals surface area contributed by atoms with E-state index in [-0.39, 0.29) is 18.6 Å². The van der Waals surface area contributed by atoms with E-state index in [2.05, 4.69) is 5.32 Å². The molecule has 134 valence electrons. The third-order valence-corrected chi connectivity index (χ3v) is 3.38. The van der Waals surface area contributed by atoms with E-state index in [9.17, 15) is 4.79 Å². The number of nitrogens with one attached hydrogen (secondary N) is 1. The van der Waals surface area contributed by atoms with Gasteiger partial charge < -0.3 is 24.3 Å². The monoisotopic (exact) mass is 345 g/mol. The van der Waals surface area contributed by atoms with Gasteiger partial charge in [-0.25, -0.2) is 0 Å². The van der Waals surface area contributed by atoms with Crippen molar-refractivity contribution >= 4 is 5.91 Å². The Morgan fingerprint density at radius 2 is 1.56 bits per heavy atom. The molecule has 1 N–H and O–H groups in total. The fraction of sp³-hybridized carbons (Fsp3) is 0.316. The number of ether oxygens (including phenoxy) is 4. The molecule has 0 saturated heterocycles. The molecule has 6 heteroatoms. The molecule has 0 aliphatic heterocycles. The van der Waals surface area contributed by atoms with Crippen LogP contribution in [0.2, 0.25) is 0 Å². The minimum absolute atomic E-state index is 0.0694. The zero-order valence-corrected chi connectivity index (χ0v) is 14.7. The summed E-state index contributed by atoms with van der Waals surface area (Å²) in [7, 11) is 3.19. The van der Waals surface area contributed by atoms with Crippen LogP contribution in [-0.4, -0.2) is 39.4 Å². The number of rotatable bonds is 9. The maximum atomic E-state index is 11.9. The average Bonchev–Trinajstić information content (AvgIpc) is 2.65. The van der Waals surface area contributed by atoms with E-state index in [0.29, 0.717) is 18.1 Å². The molecule has 0 aliphatic rings. The van der Waals surface area contributed by atoms with Gasteiger partial charge in [-0.3, -0.25) is 4.79 Å². The lowest BCUT2D eigenvalue weighted by atomic mass is 10.3. The van der Waals surface area contributed by atoms with E-state index in [0.717, 1.165) is 11.5 Å². The Kier molecular flexibility index (Phi) is 6.95. The highest BCUT2D eigenvalue weighted by Gasteiger charge is 2.09. The zero-order valence-electron chi connectivity index (χ0n) is 14.7. The Morgan fingerprint density at radius 1 is 0.920 bits per heavy atom. The molecule has 0 unspecified atom stereocenters. The number of carbonyl (C=O) groups excluding carboxylic acids is 1. The van der Waals surface area contributed by atoms with Crippen LogP contribution < -0.4 is 24.3 Å². The second kappa shape index (κ2) is 9.42. The molecular weight excluding hydrogens is 322 g/mol. The molecule has 2 aromatic rings. The highest BCUT2D eigenvalue weighted by Crippen LogP contribution is 2.19. The van der Waals surface area contributed by atoms with Crippen molar-refractivity contribution in [2.45, 2.75) is 13.0 Å². The number of hydrogen-bond donors (Lipinski definition) is 1. The molecule has 1 atom stereocenters. The molecule has 0 bridgehead atoms. The summed E-state index contributed by atoms with van der Waals surface area (Å²) in [5.74, 6) is 2.53. The van der Waals surface area contributed by atoms with Crippen molar-refractivity contribution in [2.24, 2.45) is 0 Å². The molecule has 0 saturated carbocycles. The number of carbonyl (C=O) groups is 1. The first kappa shape index (κ1) is 18.4. The van der Waals surface area contributed by atoms with Crippen molar-refractivity contribution in [1.82, 2.24) is 5.32 Å². The van der Waals surface area contributed by atoms with E-state index in [4.69, 9.17) is 18.9 Å². The van der Waals surface area contributed by atoms with Gasteiger partial charge in [0.15, 0.2) is 6.61 Å². The highest BCUT2D eigenvalue weighted by atomic mass is 16.5. The van der Waals surface area contributed by atoms with Crippen LogP contribution in [0.15, 0.2) is 48.5 Å². The van der Waals surface area contributed by atoms with Gasteiger partial charge >= 0.3 is 0 Å². The minimum atomic E-state index is -0.214. The second-order valence-electron chi connectivity index (χ2n) is 5.42. The number of hydrogen-bond acceptors (Lipinski definition) is 5. The maximum absolute atomic E-state index is 11.9. The number of amides is 1. The largest absolute Gasteiger partial charge is 0.497 e. The third-order valence-electron chi connectivity index (χ3n) is 3.38. The normalized spacial score (nSPS) is 11.3. The van der Waals surface area contributed by atoms with Crippen molar-refractivity contribution in [1.29, 1.82) is 0 Å². The molecular formula is C19H23NO5. The van der Waals surface area contributed by atoms with Crippen LogP contribution in [0.25, 0.3) is 0 Å². The molecule has 0 radical (unpaired) electrons. The lowest BCUT2D eigenvalue weighted by Crippen LogP contribution is -2.39. The first-order chi connectivity index (χ1) is 12.1. The van der Waals surface area contributed by atoms with Gasteiger partial charge in [-0.05, 0) is 43.3 Å². The zero-order chi connectivity index (χ0) is 18.1. The van der Waals surface area contributed by atoms with Crippen LogP contribution in [0.4, 0.5) is 0 Å². The van der Waals surface area contributed by atoms with E-state index in [1.54, 1.807) is 32.4 Å². The molecule has 1 amide bonds. The Bertz CT molecular complexity index is 672. The van der Waals surface area contributed by atoms with Crippen LogP contribution in [0, 0.1) is 0 Å². The summed E-state index contributed by atoms with van der Waals surface area (Å²) >= 11 is 0. The van der Waals surface area contributed by atoms with Crippen molar-refractivity contribution in [3.63, 3.8) is 0 Å². The third kappa shape index (κ3) is 6.25. The maximum Gasteiger partial charge on any atom is 0.258 e. The topological polar surface area (TPSA) is 66.0 Å². The van der Waals surface area contributed by atoms with Crippen LogP contribution in [0.5, 0.6) is 23.0 Å². The lowest BCUT2D eigenvalue weighted by molar-refractivity contribution is -0.123. The van der Waals surface area contributed by atoms with Crippen LogP contribution in [0.3, 0.4) is 0 Å². The standard InChI is InChI=1S/C19H23NO5/c1-14(12-24-16-9-7-15(22-2)8-10-16)20-19(21)13-25-18-6-4-5-17(11-18)23-3/h4-11,14H,12-13H2,1-3H3,(H,20,21)/t14-/m0/s1. The summed E-state index contributed by atoms with van der Waals surface area (Å²) in [6, 6.07) is 14.2. The molecule has 25 heavy (non-hydrogen) atoms. The van der Waals surface area contributed by atoms with Gasteiger partial charge in [0.1, 0.15) is 29.6 Å². The van der Waals surface area contributed by atoms with E-state index < -0.39 is 0 Å². The van der Waals surface area contributed by atoms with Crippen molar-refractivity contribution < 1.29 is 23.7 Å². The van der Waals surface area contributed by atoms with E-state index in [1.807, 2.05) is 37.3 Å². The molecule has 2 aromatic carbocycles. The van der Waals surface area contributed by atoms with Crippen molar-refractivity contribution in [3.8, 4) is 23.0 Å². The highest BCUT2D eigenvalue weighted by molar-refractivity contribution is 5.77. The molecule has 0 fully saturated rings. The summed E-state index contributed by atoms with van der Waals surface area (Å²) in [5.41, 5.74) is 0. The quantitative estimate of drug-likeness (QED) is 0.757. The van der Waals surface area contributed by atoms with Crippen molar-refractivity contribution in [2.75, 3.05) is 27.4 Å².